The summed E-state index contributed by atoms with van der Waals surface area (Å²) in [5.74, 6) is -3.00. The highest BCUT2D eigenvalue weighted by Gasteiger charge is 2.79. The number of amides is 2. The van der Waals surface area contributed by atoms with Crippen molar-refractivity contribution in [2.75, 3.05) is 24.7 Å². The van der Waals surface area contributed by atoms with Gasteiger partial charge >= 0.3 is 5.97 Å². The largest absolute Gasteiger partial charge is 0.465 e. The number of rotatable bonds is 13. The zero-order valence-electron chi connectivity index (χ0n) is 23.7. The topological polar surface area (TPSA) is 96.4 Å². The maximum Gasteiger partial charge on any atom is 0.312 e. The molecule has 2 unspecified atom stereocenters. The number of benzene rings is 1. The summed E-state index contributed by atoms with van der Waals surface area (Å²) in [6.07, 6.45) is 5.96. The molecule has 218 valence electrons. The van der Waals surface area contributed by atoms with E-state index in [9.17, 15) is 19.5 Å². The second-order valence-corrected chi connectivity index (χ2v) is 11.6. The average Bonchev–Trinajstić information content (AvgIpc) is 3.56. The van der Waals surface area contributed by atoms with Gasteiger partial charge in [-0.25, -0.2) is 0 Å². The van der Waals surface area contributed by atoms with Gasteiger partial charge in [0.1, 0.15) is 17.6 Å². The number of likely N-dealkylation sites (tertiary alicyclic amines) is 1. The van der Waals surface area contributed by atoms with Crippen LogP contribution in [0.5, 0.6) is 0 Å². The molecule has 3 saturated heterocycles. The van der Waals surface area contributed by atoms with Gasteiger partial charge in [0.2, 0.25) is 5.91 Å². The van der Waals surface area contributed by atoms with E-state index in [1.54, 1.807) is 41.3 Å². The van der Waals surface area contributed by atoms with Crippen molar-refractivity contribution in [1.82, 2.24) is 4.90 Å². The Morgan fingerprint density at radius 2 is 1.95 bits per heavy atom. The number of nitrogens with zero attached hydrogens (tertiary/aromatic N) is 2. The van der Waals surface area contributed by atoms with Crippen LogP contribution in [0.4, 0.5) is 5.69 Å². The van der Waals surface area contributed by atoms with Gasteiger partial charge in [0, 0.05) is 17.3 Å². The smallest absolute Gasteiger partial charge is 0.312 e. The SMILES string of the molecule is C=CCCOC(=O)[C@H]1[C@H]2C(=O)N([C@@H](CO)[C@@H](C)CC)C(C(=O)N(CC=C)c3ccc(Cl)cc3)C23CC[C@]1(CC)O3. The molecule has 0 radical (unpaired) electrons. The average molecular weight is 573 g/mol. The van der Waals surface area contributed by atoms with Gasteiger partial charge in [-0.15, -0.1) is 13.2 Å². The number of aliphatic hydroxyl groups is 1. The van der Waals surface area contributed by atoms with Crippen molar-refractivity contribution in [2.24, 2.45) is 17.8 Å². The highest BCUT2D eigenvalue weighted by atomic mass is 35.5. The van der Waals surface area contributed by atoms with Crippen molar-refractivity contribution in [3.63, 3.8) is 0 Å². The van der Waals surface area contributed by atoms with Crippen LogP contribution >= 0.6 is 11.6 Å². The number of anilines is 1. The van der Waals surface area contributed by atoms with Crippen LogP contribution in [0.3, 0.4) is 0 Å². The fourth-order valence-electron chi connectivity index (χ4n) is 7.02. The molecule has 1 spiro atoms. The summed E-state index contributed by atoms with van der Waals surface area (Å²) in [4.78, 5) is 45.8. The van der Waals surface area contributed by atoms with E-state index in [0.29, 0.717) is 42.8 Å². The number of aliphatic hydroxyl groups excluding tert-OH is 1. The summed E-state index contributed by atoms with van der Waals surface area (Å²) < 4.78 is 12.4. The molecule has 3 aliphatic rings. The number of carbonyl (C=O) groups is 3. The fraction of sp³-hybridized carbons (Fsp3) is 0.581. The number of esters is 1. The number of carbonyl (C=O) groups excluding carboxylic acids is 3. The molecule has 8 nitrogen and oxygen atoms in total. The van der Waals surface area contributed by atoms with Crippen LogP contribution in [-0.2, 0) is 23.9 Å². The van der Waals surface area contributed by atoms with E-state index in [2.05, 4.69) is 13.2 Å². The lowest BCUT2D eigenvalue weighted by atomic mass is 9.65. The van der Waals surface area contributed by atoms with Crippen LogP contribution < -0.4 is 4.90 Å². The Labute approximate surface area is 241 Å². The number of hydrogen-bond donors (Lipinski definition) is 1. The Kier molecular flexibility index (Phi) is 9.12. The van der Waals surface area contributed by atoms with E-state index >= 15 is 0 Å². The molecule has 9 heteroatoms. The molecule has 1 aromatic rings. The lowest BCUT2D eigenvalue weighted by Gasteiger charge is -2.41. The number of hydrogen-bond acceptors (Lipinski definition) is 6. The quantitative estimate of drug-likeness (QED) is 0.212. The Morgan fingerprint density at radius 1 is 1.25 bits per heavy atom. The van der Waals surface area contributed by atoms with Crippen LogP contribution in [0.1, 0.15) is 52.9 Å². The summed E-state index contributed by atoms with van der Waals surface area (Å²) >= 11 is 6.13. The Morgan fingerprint density at radius 3 is 2.52 bits per heavy atom. The van der Waals surface area contributed by atoms with Crippen LogP contribution in [0.2, 0.25) is 5.02 Å². The third kappa shape index (κ3) is 4.78. The molecule has 1 N–H and O–H groups in total. The van der Waals surface area contributed by atoms with E-state index in [-0.39, 0.29) is 37.5 Å². The minimum absolute atomic E-state index is 0.0989. The summed E-state index contributed by atoms with van der Waals surface area (Å²) in [5, 5.41) is 11.1. The molecule has 0 aromatic heterocycles. The van der Waals surface area contributed by atoms with Gasteiger partial charge in [-0.1, -0.05) is 50.9 Å². The molecular weight excluding hydrogens is 532 g/mol. The highest BCUT2D eigenvalue weighted by Crippen LogP contribution is 2.65. The van der Waals surface area contributed by atoms with Gasteiger partial charge in [-0.05, 0) is 55.9 Å². The first-order chi connectivity index (χ1) is 19.2. The first kappa shape index (κ1) is 30.3. The fourth-order valence-corrected chi connectivity index (χ4v) is 7.14. The zero-order valence-corrected chi connectivity index (χ0v) is 24.4. The molecule has 3 heterocycles. The van der Waals surface area contributed by atoms with Crippen LogP contribution in [0.15, 0.2) is 49.6 Å². The summed E-state index contributed by atoms with van der Waals surface area (Å²) in [6.45, 7) is 13.4. The highest BCUT2D eigenvalue weighted by molar-refractivity contribution is 6.30. The third-order valence-electron chi connectivity index (χ3n) is 9.23. The second kappa shape index (κ2) is 12.0. The first-order valence-corrected chi connectivity index (χ1v) is 14.6. The molecule has 2 bridgehead atoms. The monoisotopic (exact) mass is 572 g/mol. The van der Waals surface area contributed by atoms with E-state index in [4.69, 9.17) is 21.1 Å². The Hall–Kier alpha value is -2.68. The standard InChI is InChI=1S/C31H41ClN2O6/c1-6-10-18-39-29(38)25-24-27(36)34(23(19-35)20(5)8-3)26(31(24)16-15-30(25,9-4)40-31)28(37)33(17-7-2)22-13-11-21(32)12-14-22/h6-7,11-14,20,23-26,35H,1-2,8-10,15-19H2,3-5H3/t20-,23-,24-,25+,26?,30-,31?/m0/s1. The van der Waals surface area contributed by atoms with Crippen molar-refractivity contribution in [2.45, 2.75) is 76.2 Å². The van der Waals surface area contributed by atoms with Crippen LogP contribution in [0, 0.1) is 17.8 Å². The van der Waals surface area contributed by atoms with Crippen LogP contribution in [-0.4, -0.2) is 70.8 Å². The van der Waals surface area contributed by atoms with Crippen LogP contribution in [0.25, 0.3) is 0 Å². The predicted octanol–water partition coefficient (Wildman–Crippen LogP) is 4.54. The molecular formula is C31H41ClN2O6. The van der Waals surface area contributed by atoms with E-state index in [1.807, 2.05) is 20.8 Å². The first-order valence-electron chi connectivity index (χ1n) is 14.2. The predicted molar refractivity (Wildman–Crippen MR) is 154 cm³/mol. The molecule has 0 saturated carbocycles. The molecule has 1 aromatic carbocycles. The molecule has 40 heavy (non-hydrogen) atoms. The number of ether oxygens (including phenoxy) is 2. The minimum atomic E-state index is -1.22. The van der Waals surface area contributed by atoms with Crippen molar-refractivity contribution >= 4 is 35.1 Å². The molecule has 7 atom stereocenters. The normalized spacial score (nSPS) is 30.1. The van der Waals surface area contributed by atoms with Crippen molar-refractivity contribution in [1.29, 1.82) is 0 Å². The maximum absolute atomic E-state index is 14.7. The number of fused-ring (bicyclic) bond motifs is 1. The summed E-state index contributed by atoms with van der Waals surface area (Å²) in [5.41, 5.74) is -1.52. The zero-order chi connectivity index (χ0) is 29.2. The maximum atomic E-state index is 14.7. The Balaban J connectivity index is 1.85. The van der Waals surface area contributed by atoms with Gasteiger partial charge in [0.25, 0.3) is 5.91 Å². The second-order valence-electron chi connectivity index (χ2n) is 11.2. The molecule has 4 rings (SSSR count). The van der Waals surface area contributed by atoms with Crippen molar-refractivity contribution in [3.05, 3.63) is 54.6 Å². The van der Waals surface area contributed by atoms with Gasteiger partial charge in [-0.2, -0.15) is 0 Å². The van der Waals surface area contributed by atoms with Gasteiger partial charge in [0.05, 0.1) is 30.8 Å². The summed E-state index contributed by atoms with van der Waals surface area (Å²) in [6, 6.07) is 5.24. The van der Waals surface area contributed by atoms with Gasteiger partial charge in [0.15, 0.2) is 0 Å². The number of halogens is 1. The lowest BCUT2D eigenvalue weighted by molar-refractivity contribution is -0.162. The molecule has 0 aliphatic carbocycles. The molecule has 3 fully saturated rings. The third-order valence-corrected chi connectivity index (χ3v) is 9.49. The minimum Gasteiger partial charge on any atom is -0.465 e. The van der Waals surface area contributed by atoms with E-state index < -0.39 is 41.1 Å². The summed E-state index contributed by atoms with van der Waals surface area (Å²) in [7, 11) is 0. The molecule has 2 amide bonds. The molecule has 3 aliphatic heterocycles. The van der Waals surface area contributed by atoms with E-state index in [1.165, 1.54) is 4.90 Å². The van der Waals surface area contributed by atoms with Gasteiger partial charge in [-0.3, -0.25) is 14.4 Å². The lowest BCUT2D eigenvalue weighted by Crippen LogP contribution is -2.60. The van der Waals surface area contributed by atoms with Crippen molar-refractivity contribution < 1.29 is 29.0 Å². The van der Waals surface area contributed by atoms with Gasteiger partial charge < -0.3 is 24.4 Å². The van der Waals surface area contributed by atoms with Crippen molar-refractivity contribution in [3.8, 4) is 0 Å². The Bertz CT molecular complexity index is 1140. The van der Waals surface area contributed by atoms with E-state index in [0.717, 1.165) is 0 Å².